The lowest BCUT2D eigenvalue weighted by molar-refractivity contribution is -0.128. The van der Waals surface area contributed by atoms with Crippen LogP contribution in [0.3, 0.4) is 0 Å². The van der Waals surface area contributed by atoms with Crippen LogP contribution in [0.25, 0.3) is 0 Å². The van der Waals surface area contributed by atoms with Crippen LogP contribution in [-0.4, -0.2) is 34.8 Å². The number of nitrogens with zero attached hydrogens (tertiary/aromatic N) is 1. The van der Waals surface area contributed by atoms with Crippen molar-refractivity contribution in [3.63, 3.8) is 0 Å². The van der Waals surface area contributed by atoms with Crippen molar-refractivity contribution in [3.8, 4) is 0 Å². The molecule has 172 valence electrons. The maximum absolute atomic E-state index is 12.1. The van der Waals surface area contributed by atoms with E-state index in [4.69, 9.17) is 23.2 Å². The highest BCUT2D eigenvalue weighted by Gasteiger charge is 2.22. The summed E-state index contributed by atoms with van der Waals surface area (Å²) in [6, 6.07) is 17.4. The van der Waals surface area contributed by atoms with E-state index >= 15 is 0 Å². The summed E-state index contributed by atoms with van der Waals surface area (Å²) in [7, 11) is 0. The van der Waals surface area contributed by atoms with E-state index in [1.165, 1.54) is 10.5 Å². The summed E-state index contributed by atoms with van der Waals surface area (Å²) in [4.78, 5) is 23.7. The third-order valence-corrected chi connectivity index (χ3v) is 4.80. The van der Waals surface area contributed by atoms with Crippen LogP contribution in [0.2, 0.25) is 0 Å². The smallest absolute Gasteiger partial charge is 0.319 e. The zero-order valence-electron chi connectivity index (χ0n) is 18.8. The monoisotopic (exact) mass is 475 g/mol. The minimum Gasteiger partial charge on any atom is -0.333 e. The minimum absolute atomic E-state index is 0.206. The largest absolute Gasteiger partial charge is 0.333 e. The van der Waals surface area contributed by atoms with Crippen molar-refractivity contribution in [2.24, 2.45) is 0 Å². The maximum atomic E-state index is 12.1. The molecule has 5 nitrogen and oxygen atoms in total. The summed E-state index contributed by atoms with van der Waals surface area (Å²) in [6.07, 6.45) is 3.22. The molecular formula is C25H31Cl2N3O2. The number of aryl methyl sites for hydroxylation is 1. The number of hydrogen-bond acceptors (Lipinski definition) is 2. The van der Waals surface area contributed by atoms with Crippen molar-refractivity contribution in [1.29, 1.82) is 0 Å². The number of nitrogens with one attached hydrogen (secondary N) is 2. The molecule has 0 radical (unpaired) electrons. The normalized spacial score (nSPS) is 10.4. The van der Waals surface area contributed by atoms with E-state index in [1.807, 2.05) is 75.4 Å². The molecule has 2 aromatic carbocycles. The Balaban J connectivity index is 0.000000368. The minimum atomic E-state index is -1.01. The Morgan fingerprint density at radius 1 is 1.00 bits per heavy atom. The first-order valence-electron chi connectivity index (χ1n) is 10.1. The Hall–Kier alpha value is -2.76. The first kappa shape index (κ1) is 27.3. The van der Waals surface area contributed by atoms with E-state index in [9.17, 15) is 9.59 Å². The molecule has 3 amide bonds. The van der Waals surface area contributed by atoms with Crippen molar-refractivity contribution in [3.05, 3.63) is 91.0 Å². The van der Waals surface area contributed by atoms with Crippen molar-refractivity contribution in [2.45, 2.75) is 31.1 Å². The van der Waals surface area contributed by atoms with Gasteiger partial charge >= 0.3 is 6.03 Å². The zero-order valence-corrected chi connectivity index (χ0v) is 20.3. The molecule has 2 N–H and O–H groups in total. The molecule has 32 heavy (non-hydrogen) atoms. The number of rotatable bonds is 8. The van der Waals surface area contributed by atoms with E-state index in [1.54, 1.807) is 12.2 Å². The van der Waals surface area contributed by atoms with Gasteiger partial charge in [-0.2, -0.15) is 0 Å². The lowest BCUT2D eigenvalue weighted by Gasteiger charge is -2.27. The molecule has 0 bridgehead atoms. The molecule has 2 aromatic rings. The second-order valence-corrected chi connectivity index (χ2v) is 8.65. The molecular weight excluding hydrogens is 445 g/mol. The second kappa shape index (κ2) is 13.6. The summed E-state index contributed by atoms with van der Waals surface area (Å²) in [5.74, 6) is -0.321. The molecule has 7 heteroatoms. The summed E-state index contributed by atoms with van der Waals surface area (Å²) in [5.41, 5.74) is 2.60. The summed E-state index contributed by atoms with van der Waals surface area (Å²) in [5, 5.41) is 5.83. The van der Waals surface area contributed by atoms with Gasteiger partial charge in [-0.3, -0.25) is 4.79 Å². The molecule has 0 aliphatic rings. The highest BCUT2D eigenvalue weighted by Crippen LogP contribution is 2.19. The van der Waals surface area contributed by atoms with Gasteiger partial charge in [0.25, 0.3) is 5.91 Å². The van der Waals surface area contributed by atoms with Gasteiger partial charge < -0.3 is 15.5 Å². The Bertz CT molecular complexity index is 872. The second-order valence-electron chi connectivity index (χ2n) is 7.56. The zero-order chi connectivity index (χ0) is 24.1. The topological polar surface area (TPSA) is 61.4 Å². The number of carbonyl (C=O) groups excluding carboxylic acids is 2. The third-order valence-electron chi connectivity index (χ3n) is 4.43. The van der Waals surface area contributed by atoms with Gasteiger partial charge in [0.15, 0.2) is 4.84 Å². The number of benzene rings is 2. The van der Waals surface area contributed by atoms with Gasteiger partial charge in [-0.25, -0.2) is 4.79 Å². The molecule has 0 saturated heterocycles. The fraction of sp³-hybridized carbons (Fsp3) is 0.280. The van der Waals surface area contributed by atoms with Gasteiger partial charge in [0.1, 0.15) is 0 Å². The van der Waals surface area contributed by atoms with Crippen molar-refractivity contribution >= 4 is 40.8 Å². The molecule has 0 aliphatic heterocycles. The number of carbonyl (C=O) groups is 2. The van der Waals surface area contributed by atoms with Crippen LogP contribution in [0, 0.1) is 6.92 Å². The highest BCUT2D eigenvalue weighted by atomic mass is 35.5. The van der Waals surface area contributed by atoms with Gasteiger partial charge in [-0.1, -0.05) is 83.4 Å². The number of hydrogen-bond donors (Lipinski definition) is 2. The number of urea groups is 1. The van der Waals surface area contributed by atoms with Crippen LogP contribution in [0.1, 0.15) is 25.0 Å². The fourth-order valence-corrected chi connectivity index (χ4v) is 2.99. The van der Waals surface area contributed by atoms with Crippen molar-refractivity contribution < 1.29 is 9.59 Å². The molecule has 0 aromatic heterocycles. The van der Waals surface area contributed by atoms with Gasteiger partial charge in [-0.05, 0) is 38.5 Å². The van der Waals surface area contributed by atoms with Gasteiger partial charge in [0.05, 0.1) is 5.54 Å². The van der Waals surface area contributed by atoms with Crippen LogP contribution in [0.4, 0.5) is 10.5 Å². The number of amides is 3. The van der Waals surface area contributed by atoms with Crippen molar-refractivity contribution in [2.75, 3.05) is 18.4 Å². The average Bonchev–Trinajstić information content (AvgIpc) is 2.75. The maximum Gasteiger partial charge on any atom is 0.319 e. The number of alkyl halides is 2. The molecule has 0 fully saturated rings. The van der Waals surface area contributed by atoms with Gasteiger partial charge in [0.2, 0.25) is 0 Å². The Kier molecular flexibility index (Phi) is 11.6. The average molecular weight is 476 g/mol. The van der Waals surface area contributed by atoms with E-state index in [0.717, 1.165) is 11.3 Å². The van der Waals surface area contributed by atoms with Gasteiger partial charge in [0, 0.05) is 18.8 Å². The third kappa shape index (κ3) is 9.58. The van der Waals surface area contributed by atoms with Crippen LogP contribution in [0.5, 0.6) is 0 Å². The Morgan fingerprint density at radius 2 is 1.53 bits per heavy atom. The predicted molar refractivity (Wildman–Crippen MR) is 135 cm³/mol. The van der Waals surface area contributed by atoms with Crippen LogP contribution in [0.15, 0.2) is 79.9 Å². The van der Waals surface area contributed by atoms with Crippen LogP contribution >= 0.6 is 23.2 Å². The highest BCUT2D eigenvalue weighted by molar-refractivity contribution is 6.53. The number of halogens is 2. The molecule has 2 rings (SSSR count). The Labute approximate surface area is 201 Å². The van der Waals surface area contributed by atoms with Crippen LogP contribution < -0.4 is 10.6 Å². The first-order valence-corrected chi connectivity index (χ1v) is 11.0. The van der Waals surface area contributed by atoms with Crippen LogP contribution in [-0.2, 0) is 10.3 Å². The molecule has 0 atom stereocenters. The van der Waals surface area contributed by atoms with E-state index in [2.05, 4.69) is 23.8 Å². The Morgan fingerprint density at radius 3 is 2.00 bits per heavy atom. The van der Waals surface area contributed by atoms with Gasteiger partial charge in [-0.15, -0.1) is 13.2 Å². The molecule has 0 aliphatic carbocycles. The lowest BCUT2D eigenvalue weighted by Crippen LogP contribution is -2.43. The standard InChI is InChI=1S/C17H20N2O.C8H11Cl2NO/c1-13-9-11-15(12-10-13)18-16(20)19-17(2,3)14-7-5-4-6-8-14;1-3-5-11(6-4-2)8(12)7(9)10/h4-12H,1-3H3,(H2,18,19,20);3-4,7H,1-2,5-6H2. The number of anilines is 1. The molecule has 0 saturated carbocycles. The fourth-order valence-electron chi connectivity index (χ4n) is 2.71. The lowest BCUT2D eigenvalue weighted by atomic mass is 9.95. The predicted octanol–water partition coefficient (Wildman–Crippen LogP) is 6.04. The summed E-state index contributed by atoms with van der Waals surface area (Å²) >= 11 is 10.8. The van der Waals surface area contributed by atoms with E-state index in [0.29, 0.717) is 13.1 Å². The quantitative estimate of drug-likeness (QED) is 0.360. The molecule has 0 heterocycles. The SMILES string of the molecule is C=CCN(CC=C)C(=O)C(Cl)Cl.Cc1ccc(NC(=O)NC(C)(C)c2ccccc2)cc1. The van der Waals surface area contributed by atoms with E-state index in [-0.39, 0.29) is 11.9 Å². The summed E-state index contributed by atoms with van der Waals surface area (Å²) < 4.78 is 0. The summed E-state index contributed by atoms with van der Waals surface area (Å²) in [6.45, 7) is 13.9. The van der Waals surface area contributed by atoms with Crippen molar-refractivity contribution in [1.82, 2.24) is 10.2 Å². The molecule has 0 spiro atoms. The van der Waals surface area contributed by atoms with E-state index < -0.39 is 10.4 Å². The molecule has 0 unspecified atom stereocenters. The first-order chi connectivity index (χ1) is 15.1.